The fourth-order valence-corrected chi connectivity index (χ4v) is 3.69. The molecule has 1 rings (SSSR count). The molecule has 1 aromatic rings. The molecule has 104 valence electrons. The lowest BCUT2D eigenvalue weighted by molar-refractivity contribution is 0.557. The van der Waals surface area contributed by atoms with E-state index in [1.54, 1.807) is 0 Å². The van der Waals surface area contributed by atoms with Crippen molar-refractivity contribution in [1.82, 2.24) is 24.4 Å². The van der Waals surface area contributed by atoms with Gasteiger partial charge in [-0.1, -0.05) is 5.21 Å². The van der Waals surface area contributed by atoms with Crippen LogP contribution in [0.5, 0.6) is 0 Å². The molecule has 2 N–H and O–H groups in total. The Morgan fingerprint density at radius 1 is 1.22 bits per heavy atom. The third kappa shape index (κ3) is 4.28. The van der Waals surface area contributed by atoms with Crippen molar-refractivity contribution in [3.05, 3.63) is 4.60 Å². The Labute approximate surface area is 113 Å². The molecule has 0 unspecified atom stereocenters. The van der Waals surface area contributed by atoms with E-state index in [-0.39, 0.29) is 22.7 Å². The highest BCUT2D eigenvalue weighted by Crippen LogP contribution is 2.16. The first-order valence-corrected chi connectivity index (χ1v) is 8.80. The number of nitrogens with zero attached hydrogens (tertiary/aromatic N) is 3. The fraction of sp³-hybridized carbons (Fsp3) is 0.667. The molecule has 18 heavy (non-hydrogen) atoms. The van der Waals surface area contributed by atoms with Gasteiger partial charge < -0.3 is 0 Å². The molecule has 0 amide bonds. The standard InChI is InChI=1S/C6H12BrN5O4S2/c1-12-6(5(7)10-11-12)18(15,16)9-4-3-8-17(2,13)14/h8-9H,3-4H2,1-2H3. The maximum absolute atomic E-state index is 11.8. The summed E-state index contributed by atoms with van der Waals surface area (Å²) < 4.78 is 50.8. The van der Waals surface area contributed by atoms with Gasteiger partial charge in [-0.25, -0.2) is 31.0 Å². The van der Waals surface area contributed by atoms with Gasteiger partial charge in [0, 0.05) is 20.1 Å². The summed E-state index contributed by atoms with van der Waals surface area (Å²) in [5.74, 6) is 0. The monoisotopic (exact) mass is 361 g/mol. The average molecular weight is 362 g/mol. The van der Waals surface area contributed by atoms with Crippen LogP contribution >= 0.6 is 15.9 Å². The molecule has 0 atom stereocenters. The minimum absolute atomic E-state index is 0.0407. The number of sulfonamides is 2. The number of aromatic nitrogens is 3. The quantitative estimate of drug-likeness (QED) is 0.588. The van der Waals surface area contributed by atoms with E-state index in [2.05, 4.69) is 35.7 Å². The summed E-state index contributed by atoms with van der Waals surface area (Å²) in [5.41, 5.74) is 0. The van der Waals surface area contributed by atoms with Crippen molar-refractivity contribution in [2.45, 2.75) is 5.03 Å². The van der Waals surface area contributed by atoms with Crippen molar-refractivity contribution >= 4 is 36.0 Å². The zero-order valence-electron chi connectivity index (χ0n) is 9.58. The van der Waals surface area contributed by atoms with Gasteiger partial charge in [-0.15, -0.1) is 5.10 Å². The molecule has 1 heterocycles. The smallest absolute Gasteiger partial charge is 0.235 e. The Morgan fingerprint density at radius 3 is 2.22 bits per heavy atom. The van der Waals surface area contributed by atoms with Crippen LogP contribution in [0, 0.1) is 0 Å². The van der Waals surface area contributed by atoms with E-state index < -0.39 is 20.0 Å². The van der Waals surface area contributed by atoms with Crippen molar-refractivity contribution < 1.29 is 16.8 Å². The summed E-state index contributed by atoms with van der Waals surface area (Å²) in [5, 5.41) is 6.96. The van der Waals surface area contributed by atoms with Crippen molar-refractivity contribution in [3.63, 3.8) is 0 Å². The number of hydrogen-bond acceptors (Lipinski definition) is 6. The van der Waals surface area contributed by atoms with Gasteiger partial charge in [0.1, 0.15) is 0 Å². The number of rotatable bonds is 6. The molecule has 0 spiro atoms. The van der Waals surface area contributed by atoms with Crippen molar-refractivity contribution in [2.24, 2.45) is 7.05 Å². The normalized spacial score (nSPS) is 12.8. The zero-order valence-corrected chi connectivity index (χ0v) is 12.8. The van der Waals surface area contributed by atoms with Crippen LogP contribution in [0.2, 0.25) is 0 Å². The third-order valence-electron chi connectivity index (χ3n) is 1.77. The number of aryl methyl sites for hydroxylation is 1. The fourth-order valence-electron chi connectivity index (χ4n) is 1.10. The summed E-state index contributed by atoms with van der Waals surface area (Å²) >= 11 is 2.97. The lowest BCUT2D eigenvalue weighted by Crippen LogP contribution is -2.35. The molecule has 9 nitrogen and oxygen atoms in total. The number of hydrogen-bond donors (Lipinski definition) is 2. The van der Waals surface area contributed by atoms with Crippen LogP contribution in [0.25, 0.3) is 0 Å². The Hall–Kier alpha value is -0.560. The number of nitrogens with one attached hydrogen (secondary N) is 2. The lowest BCUT2D eigenvalue weighted by atomic mass is 10.7. The second-order valence-electron chi connectivity index (χ2n) is 3.37. The molecule has 0 aliphatic carbocycles. The van der Waals surface area contributed by atoms with E-state index in [4.69, 9.17) is 0 Å². The highest BCUT2D eigenvalue weighted by Gasteiger charge is 2.23. The molecule has 0 fully saturated rings. The zero-order chi connectivity index (χ0) is 14.0. The second-order valence-corrected chi connectivity index (χ2v) is 7.64. The van der Waals surface area contributed by atoms with Gasteiger partial charge >= 0.3 is 0 Å². The van der Waals surface area contributed by atoms with Gasteiger partial charge in [0.25, 0.3) is 10.0 Å². The van der Waals surface area contributed by atoms with E-state index in [0.717, 1.165) is 10.9 Å². The Kier molecular flexibility index (Phi) is 4.83. The minimum Gasteiger partial charge on any atom is -0.235 e. The average Bonchev–Trinajstić information content (AvgIpc) is 2.52. The first kappa shape index (κ1) is 15.5. The molecule has 0 aromatic carbocycles. The minimum atomic E-state index is -3.79. The molecule has 0 saturated heterocycles. The van der Waals surface area contributed by atoms with Crippen molar-refractivity contribution in [1.29, 1.82) is 0 Å². The predicted molar refractivity (Wildman–Crippen MR) is 66.7 cm³/mol. The molecule has 0 bridgehead atoms. The molecule has 0 aliphatic heterocycles. The Morgan fingerprint density at radius 2 is 1.78 bits per heavy atom. The van der Waals surface area contributed by atoms with Crippen LogP contribution in [0.1, 0.15) is 0 Å². The maximum atomic E-state index is 11.8. The summed E-state index contributed by atoms with van der Waals surface area (Å²) in [6, 6.07) is 0. The SMILES string of the molecule is Cn1nnc(Br)c1S(=O)(=O)NCCNS(C)(=O)=O. The van der Waals surface area contributed by atoms with Crippen LogP contribution in [0.15, 0.2) is 9.63 Å². The lowest BCUT2D eigenvalue weighted by Gasteiger charge is -2.06. The first-order chi connectivity index (χ1) is 8.13. The topological polar surface area (TPSA) is 123 Å². The van der Waals surface area contributed by atoms with Gasteiger partial charge in [-0.2, -0.15) is 0 Å². The summed E-state index contributed by atoms with van der Waals surface area (Å²) in [6.45, 7) is -0.117. The van der Waals surface area contributed by atoms with Crippen molar-refractivity contribution in [3.8, 4) is 0 Å². The highest BCUT2D eigenvalue weighted by atomic mass is 79.9. The third-order valence-corrected chi connectivity index (χ3v) is 4.85. The van der Waals surface area contributed by atoms with E-state index in [0.29, 0.717) is 0 Å². The van der Waals surface area contributed by atoms with E-state index >= 15 is 0 Å². The van der Waals surface area contributed by atoms with Gasteiger partial charge in [0.05, 0.1) is 6.26 Å². The van der Waals surface area contributed by atoms with E-state index in [1.165, 1.54) is 7.05 Å². The first-order valence-electron chi connectivity index (χ1n) is 4.63. The molecule has 1 aromatic heterocycles. The molecule has 0 saturated carbocycles. The van der Waals surface area contributed by atoms with Gasteiger partial charge in [-0.3, -0.25) is 0 Å². The maximum Gasteiger partial charge on any atom is 0.260 e. The van der Waals surface area contributed by atoms with Gasteiger partial charge in [0.2, 0.25) is 15.0 Å². The van der Waals surface area contributed by atoms with Crippen LogP contribution in [0.4, 0.5) is 0 Å². The molecular formula is C6H12BrN5O4S2. The molecule has 0 radical (unpaired) electrons. The molecule has 0 aliphatic rings. The summed E-state index contributed by atoms with van der Waals surface area (Å²) in [4.78, 5) is 0. The van der Waals surface area contributed by atoms with Crippen LogP contribution in [-0.4, -0.2) is 51.2 Å². The summed E-state index contributed by atoms with van der Waals surface area (Å²) in [6.07, 6.45) is 0.989. The van der Waals surface area contributed by atoms with Crippen LogP contribution in [0.3, 0.4) is 0 Å². The van der Waals surface area contributed by atoms with Gasteiger partial charge in [0.15, 0.2) is 4.60 Å². The summed E-state index contributed by atoms with van der Waals surface area (Å²) in [7, 11) is -5.69. The number of halogens is 1. The van der Waals surface area contributed by atoms with E-state index in [9.17, 15) is 16.8 Å². The highest BCUT2D eigenvalue weighted by molar-refractivity contribution is 9.10. The van der Waals surface area contributed by atoms with Crippen LogP contribution < -0.4 is 9.44 Å². The Bertz CT molecular complexity index is 603. The predicted octanol–water partition coefficient (Wildman–Crippen LogP) is -1.59. The second kappa shape index (κ2) is 5.61. The Balaban J connectivity index is 2.67. The molecule has 12 heteroatoms. The molecular weight excluding hydrogens is 350 g/mol. The largest absolute Gasteiger partial charge is 0.260 e. The van der Waals surface area contributed by atoms with E-state index in [1.807, 2.05) is 0 Å². The van der Waals surface area contributed by atoms with Crippen LogP contribution in [-0.2, 0) is 27.1 Å². The van der Waals surface area contributed by atoms with Gasteiger partial charge in [-0.05, 0) is 15.9 Å². The van der Waals surface area contributed by atoms with Crippen molar-refractivity contribution in [2.75, 3.05) is 19.3 Å².